The smallest absolute Gasteiger partial charge is 0.328 e. The summed E-state index contributed by atoms with van der Waals surface area (Å²) in [7, 11) is 0. The summed E-state index contributed by atoms with van der Waals surface area (Å²) < 4.78 is 6.59. The number of carboxylic acid groups (broad SMARTS) is 1. The average Bonchev–Trinajstić information content (AvgIpc) is 2.40. The van der Waals surface area contributed by atoms with Gasteiger partial charge in [0, 0.05) is 21.1 Å². The van der Waals surface area contributed by atoms with Crippen molar-refractivity contribution in [1.82, 2.24) is 0 Å². The number of hydrogen-bond donors (Lipinski definition) is 1. The van der Waals surface area contributed by atoms with Gasteiger partial charge in [-0.2, -0.15) is 0 Å². The highest BCUT2D eigenvalue weighted by Gasteiger charge is 2.04. The molecule has 0 unspecified atom stereocenters. The van der Waals surface area contributed by atoms with Gasteiger partial charge in [-0.3, -0.25) is 0 Å². The molecule has 0 saturated heterocycles. The van der Waals surface area contributed by atoms with E-state index in [0.717, 1.165) is 10.5 Å². The van der Waals surface area contributed by atoms with Crippen molar-refractivity contribution < 1.29 is 14.6 Å². The van der Waals surface area contributed by atoms with Gasteiger partial charge in [0.1, 0.15) is 11.5 Å². The Morgan fingerprint density at radius 3 is 2.55 bits per heavy atom. The summed E-state index contributed by atoms with van der Waals surface area (Å²) in [5, 5.41) is 9.31. The predicted molar refractivity (Wildman–Crippen MR) is 82.3 cm³/mol. The van der Waals surface area contributed by atoms with Gasteiger partial charge in [-0.25, -0.2) is 4.79 Å². The summed E-state index contributed by atoms with van der Waals surface area (Å²) >= 11 is 9.18. The van der Waals surface area contributed by atoms with E-state index in [-0.39, 0.29) is 0 Å². The maximum atomic E-state index is 10.6. The summed E-state index contributed by atoms with van der Waals surface area (Å²) in [5.41, 5.74) is 0.672. The van der Waals surface area contributed by atoms with Crippen LogP contribution in [0.1, 0.15) is 5.56 Å². The Hall–Kier alpha value is -1.78. The second kappa shape index (κ2) is 6.59. The number of aliphatic carboxylic acids is 1. The van der Waals surface area contributed by atoms with Crippen LogP contribution in [0.15, 0.2) is 53.0 Å². The van der Waals surface area contributed by atoms with Crippen molar-refractivity contribution in [3.63, 3.8) is 0 Å². The molecule has 0 aliphatic heterocycles. The van der Waals surface area contributed by atoms with Crippen LogP contribution < -0.4 is 4.74 Å². The van der Waals surface area contributed by atoms with E-state index in [1.165, 1.54) is 6.08 Å². The van der Waals surface area contributed by atoms with E-state index in [1.54, 1.807) is 36.4 Å². The third-order valence-corrected chi connectivity index (χ3v) is 3.17. The first kappa shape index (κ1) is 14.6. The molecule has 0 heterocycles. The third-order valence-electron chi connectivity index (χ3n) is 2.42. The van der Waals surface area contributed by atoms with Gasteiger partial charge in [0.2, 0.25) is 0 Å². The molecule has 0 aliphatic rings. The van der Waals surface area contributed by atoms with Crippen molar-refractivity contribution in [3.8, 4) is 11.5 Å². The third kappa shape index (κ3) is 4.11. The van der Waals surface area contributed by atoms with Crippen LogP contribution in [0.2, 0.25) is 5.02 Å². The van der Waals surface area contributed by atoms with Crippen molar-refractivity contribution in [3.05, 3.63) is 63.6 Å². The molecule has 0 aromatic heterocycles. The second-order valence-electron chi connectivity index (χ2n) is 3.91. The molecule has 0 bridgehead atoms. The molecular formula is C15H10BrClO3. The van der Waals surface area contributed by atoms with Crippen LogP contribution in [0.25, 0.3) is 6.08 Å². The van der Waals surface area contributed by atoms with Gasteiger partial charge >= 0.3 is 5.97 Å². The Morgan fingerprint density at radius 1 is 1.20 bits per heavy atom. The Bertz CT molecular complexity index is 651. The fourth-order valence-electron chi connectivity index (χ4n) is 1.52. The molecule has 0 aliphatic carbocycles. The maximum absolute atomic E-state index is 10.6. The van der Waals surface area contributed by atoms with Crippen LogP contribution in [0.5, 0.6) is 11.5 Å². The maximum Gasteiger partial charge on any atom is 0.328 e. The Balaban J connectivity index is 2.31. The summed E-state index contributed by atoms with van der Waals surface area (Å²) in [4.78, 5) is 10.6. The number of rotatable bonds is 4. The molecule has 3 nitrogen and oxygen atoms in total. The lowest BCUT2D eigenvalue weighted by Crippen LogP contribution is -1.90. The molecular weight excluding hydrogens is 344 g/mol. The Labute approximate surface area is 129 Å². The topological polar surface area (TPSA) is 46.5 Å². The van der Waals surface area contributed by atoms with Crippen molar-refractivity contribution in [1.29, 1.82) is 0 Å². The van der Waals surface area contributed by atoms with Crippen molar-refractivity contribution in [2.24, 2.45) is 0 Å². The molecule has 102 valence electrons. The van der Waals surface area contributed by atoms with Gasteiger partial charge in [0.05, 0.1) is 0 Å². The number of hydrogen-bond acceptors (Lipinski definition) is 2. The molecule has 2 aromatic rings. The molecule has 5 heteroatoms. The molecule has 0 saturated carbocycles. The highest BCUT2D eigenvalue weighted by Crippen LogP contribution is 2.30. The van der Waals surface area contributed by atoms with E-state index < -0.39 is 5.97 Å². The largest absolute Gasteiger partial charge is 0.478 e. The van der Waals surface area contributed by atoms with E-state index >= 15 is 0 Å². The van der Waals surface area contributed by atoms with E-state index in [0.29, 0.717) is 22.1 Å². The highest BCUT2D eigenvalue weighted by atomic mass is 79.9. The van der Waals surface area contributed by atoms with E-state index in [2.05, 4.69) is 15.9 Å². The average molecular weight is 354 g/mol. The highest BCUT2D eigenvalue weighted by molar-refractivity contribution is 9.10. The van der Waals surface area contributed by atoms with Crippen LogP contribution in [-0.4, -0.2) is 11.1 Å². The number of halogens is 2. The van der Waals surface area contributed by atoms with Gasteiger partial charge in [0.25, 0.3) is 0 Å². The van der Waals surface area contributed by atoms with Crippen LogP contribution in [-0.2, 0) is 4.79 Å². The quantitative estimate of drug-likeness (QED) is 0.787. The number of ether oxygens (including phenoxy) is 1. The lowest BCUT2D eigenvalue weighted by atomic mass is 10.2. The van der Waals surface area contributed by atoms with Gasteiger partial charge in [-0.05, 0) is 42.5 Å². The molecule has 0 amide bonds. The molecule has 0 radical (unpaired) electrons. The SMILES string of the molecule is O=C(O)/C=C/c1ccc(Br)cc1Oc1ccc(Cl)cc1. The van der Waals surface area contributed by atoms with Crippen LogP contribution in [0, 0.1) is 0 Å². The zero-order chi connectivity index (χ0) is 14.5. The molecule has 1 N–H and O–H groups in total. The lowest BCUT2D eigenvalue weighted by Gasteiger charge is -2.09. The normalized spacial score (nSPS) is 10.7. The van der Waals surface area contributed by atoms with E-state index in [1.807, 2.05) is 6.07 Å². The number of carboxylic acids is 1. The van der Waals surface area contributed by atoms with Crippen LogP contribution in [0.4, 0.5) is 0 Å². The zero-order valence-corrected chi connectivity index (χ0v) is 12.6. The molecule has 20 heavy (non-hydrogen) atoms. The predicted octanol–water partition coefficient (Wildman–Crippen LogP) is 4.99. The molecule has 0 spiro atoms. The fourth-order valence-corrected chi connectivity index (χ4v) is 1.99. The summed E-state index contributed by atoms with van der Waals surface area (Å²) in [6, 6.07) is 12.3. The molecule has 0 atom stereocenters. The number of benzene rings is 2. The monoisotopic (exact) mass is 352 g/mol. The minimum absolute atomic E-state index is 0.555. The first-order valence-corrected chi connectivity index (χ1v) is 6.85. The second-order valence-corrected chi connectivity index (χ2v) is 5.26. The molecule has 0 fully saturated rings. The first-order valence-electron chi connectivity index (χ1n) is 5.68. The summed E-state index contributed by atoms with van der Waals surface area (Å²) in [6.07, 6.45) is 2.55. The number of carbonyl (C=O) groups is 1. The minimum atomic E-state index is -1.01. The van der Waals surface area contributed by atoms with Crippen molar-refractivity contribution >= 4 is 39.6 Å². The summed E-state index contributed by atoms with van der Waals surface area (Å²) in [5.74, 6) is 0.169. The van der Waals surface area contributed by atoms with Crippen molar-refractivity contribution in [2.75, 3.05) is 0 Å². The van der Waals surface area contributed by atoms with Crippen molar-refractivity contribution in [2.45, 2.75) is 0 Å². The first-order chi connectivity index (χ1) is 9.54. The lowest BCUT2D eigenvalue weighted by molar-refractivity contribution is -0.131. The minimum Gasteiger partial charge on any atom is -0.478 e. The van der Waals surface area contributed by atoms with Crippen LogP contribution in [0.3, 0.4) is 0 Å². The van der Waals surface area contributed by atoms with E-state index in [9.17, 15) is 4.79 Å². The van der Waals surface area contributed by atoms with Gasteiger partial charge in [0.15, 0.2) is 0 Å². The van der Waals surface area contributed by atoms with Gasteiger partial charge in [-0.1, -0.05) is 33.6 Å². The van der Waals surface area contributed by atoms with Gasteiger partial charge in [-0.15, -0.1) is 0 Å². The molecule has 2 aromatic carbocycles. The zero-order valence-electron chi connectivity index (χ0n) is 10.2. The fraction of sp³-hybridized carbons (Fsp3) is 0. The Kier molecular flexibility index (Phi) is 4.82. The van der Waals surface area contributed by atoms with Gasteiger partial charge < -0.3 is 9.84 Å². The molecule has 2 rings (SSSR count). The van der Waals surface area contributed by atoms with Crippen LogP contribution >= 0.6 is 27.5 Å². The summed E-state index contributed by atoms with van der Waals surface area (Å²) in [6.45, 7) is 0. The standard InChI is InChI=1S/C15H10BrClO3/c16-11-3-1-10(2-8-15(18)19)14(9-11)20-13-6-4-12(17)5-7-13/h1-9H,(H,18,19)/b8-2+. The Morgan fingerprint density at radius 2 is 1.90 bits per heavy atom. The van der Waals surface area contributed by atoms with E-state index in [4.69, 9.17) is 21.4 Å².